The molecule has 0 bridgehead atoms. The molecule has 0 fully saturated rings. The van der Waals surface area contributed by atoms with Crippen LogP contribution >= 0.6 is 11.3 Å². The quantitative estimate of drug-likeness (QED) is 0.460. The molecule has 2 heterocycles. The van der Waals surface area contributed by atoms with Crippen LogP contribution in [0.25, 0.3) is 10.4 Å². The Morgan fingerprint density at radius 3 is 2.65 bits per heavy atom. The second-order valence-electron chi connectivity index (χ2n) is 6.57. The highest BCUT2D eigenvalue weighted by Gasteiger charge is 2.22. The lowest BCUT2D eigenvalue weighted by Gasteiger charge is -2.16. The van der Waals surface area contributed by atoms with E-state index in [1.807, 2.05) is 0 Å². The molecule has 1 aromatic carbocycles. The maximum Gasteiger partial charge on any atom is 0.320 e. The maximum atomic E-state index is 14.0. The van der Waals surface area contributed by atoms with Gasteiger partial charge in [0.15, 0.2) is 5.69 Å². The molecular formula is C20H17F2N3O5S. The summed E-state index contributed by atoms with van der Waals surface area (Å²) in [6, 6.07) is 5.24. The van der Waals surface area contributed by atoms with Gasteiger partial charge < -0.3 is 25.4 Å². The van der Waals surface area contributed by atoms with Gasteiger partial charge in [0.2, 0.25) is 0 Å². The average Bonchev–Trinajstić information content (AvgIpc) is 3.19. The van der Waals surface area contributed by atoms with Gasteiger partial charge in [-0.1, -0.05) is 0 Å². The number of nitrogens with zero attached hydrogens (tertiary/aromatic N) is 1. The lowest BCUT2D eigenvalue weighted by Crippen LogP contribution is -2.35. The van der Waals surface area contributed by atoms with Crippen molar-refractivity contribution in [3.05, 3.63) is 69.5 Å². The number of nitrogens with one attached hydrogen (secondary N) is 2. The van der Waals surface area contributed by atoms with Gasteiger partial charge in [-0.3, -0.25) is 9.59 Å². The van der Waals surface area contributed by atoms with E-state index in [1.165, 1.54) is 31.4 Å². The Balaban J connectivity index is 1.85. The smallest absolute Gasteiger partial charge is 0.320 e. The topological polar surface area (TPSA) is 121 Å². The molecule has 3 aromatic rings. The molecule has 2 aromatic heterocycles. The highest BCUT2D eigenvalue weighted by Crippen LogP contribution is 2.34. The summed E-state index contributed by atoms with van der Waals surface area (Å²) >= 11 is 0.988. The van der Waals surface area contributed by atoms with Crippen LogP contribution in [-0.4, -0.2) is 26.8 Å². The van der Waals surface area contributed by atoms with Crippen molar-refractivity contribution in [1.82, 2.24) is 9.88 Å². The fourth-order valence-electron chi connectivity index (χ4n) is 2.81. The predicted molar refractivity (Wildman–Crippen MR) is 110 cm³/mol. The van der Waals surface area contributed by atoms with E-state index in [0.717, 1.165) is 34.1 Å². The van der Waals surface area contributed by atoms with E-state index in [-0.39, 0.29) is 11.3 Å². The van der Waals surface area contributed by atoms with E-state index in [2.05, 4.69) is 10.6 Å². The van der Waals surface area contributed by atoms with Crippen LogP contribution in [0.5, 0.6) is 5.75 Å². The molecule has 0 aliphatic rings. The minimum Gasteiger partial charge on any atom is -0.505 e. The molecule has 0 saturated carbocycles. The third kappa shape index (κ3) is 5.07. The highest BCUT2D eigenvalue weighted by molar-refractivity contribution is 7.15. The first kappa shape index (κ1) is 22.0. The minimum atomic E-state index is -1.21. The van der Waals surface area contributed by atoms with Crippen molar-refractivity contribution in [2.24, 2.45) is 7.05 Å². The molecule has 1 atom stereocenters. The van der Waals surface area contributed by atoms with Crippen LogP contribution in [0.3, 0.4) is 0 Å². The summed E-state index contributed by atoms with van der Waals surface area (Å²) in [4.78, 5) is 36.5. The Kier molecular flexibility index (Phi) is 6.35. The van der Waals surface area contributed by atoms with Gasteiger partial charge in [0.25, 0.3) is 5.56 Å². The third-order valence-electron chi connectivity index (χ3n) is 4.33. The molecule has 162 valence electrons. The number of pyridine rings is 1. The molecule has 3 rings (SSSR count). The zero-order chi connectivity index (χ0) is 22.7. The Morgan fingerprint density at radius 2 is 1.94 bits per heavy atom. The number of aromatic nitrogens is 1. The van der Waals surface area contributed by atoms with Crippen molar-refractivity contribution in [1.29, 1.82) is 0 Å². The molecule has 0 spiro atoms. The summed E-state index contributed by atoms with van der Waals surface area (Å²) in [6.45, 7) is 0. The first-order valence-electron chi connectivity index (χ1n) is 8.88. The number of carbonyl (C=O) groups is 2. The summed E-state index contributed by atoms with van der Waals surface area (Å²) in [5.74, 6) is -2.94. The standard InChI is InChI=1S/C20H17F2N3O5S/c1-25-7-6-14(26)18(19(25)29)24-20(30)23-13(9-17(27)28)16-5-4-15(31-16)11-8-10(21)2-3-12(11)22/h2-8,13,26H,9H2,1H3,(H,27,28)(H2,23,24,30)/t13-/m0/s1. The predicted octanol–water partition coefficient (Wildman–Crippen LogP) is 3.44. The summed E-state index contributed by atoms with van der Waals surface area (Å²) in [5.41, 5.74) is -1.03. The first-order chi connectivity index (χ1) is 14.7. The van der Waals surface area contributed by atoms with Crippen LogP contribution in [-0.2, 0) is 11.8 Å². The van der Waals surface area contributed by atoms with Crippen molar-refractivity contribution >= 4 is 29.0 Å². The molecule has 31 heavy (non-hydrogen) atoms. The monoisotopic (exact) mass is 449 g/mol. The number of hydrogen-bond acceptors (Lipinski definition) is 5. The third-order valence-corrected chi connectivity index (χ3v) is 5.57. The molecule has 0 saturated heterocycles. The Hall–Kier alpha value is -3.73. The van der Waals surface area contributed by atoms with Crippen LogP contribution in [0, 0.1) is 11.6 Å². The fourth-order valence-corrected chi connectivity index (χ4v) is 3.89. The Morgan fingerprint density at radius 1 is 1.19 bits per heavy atom. The molecule has 0 aliphatic carbocycles. The molecule has 2 amide bonds. The molecule has 0 unspecified atom stereocenters. The van der Waals surface area contributed by atoms with E-state index in [9.17, 15) is 33.4 Å². The largest absolute Gasteiger partial charge is 0.505 e. The normalized spacial score (nSPS) is 11.7. The number of carboxylic acid groups (broad SMARTS) is 1. The van der Waals surface area contributed by atoms with Crippen LogP contribution in [0.4, 0.5) is 19.3 Å². The number of rotatable bonds is 6. The van der Waals surface area contributed by atoms with Crippen LogP contribution < -0.4 is 16.2 Å². The zero-order valence-corrected chi connectivity index (χ0v) is 16.9. The van der Waals surface area contributed by atoms with Gasteiger partial charge in [0, 0.05) is 28.6 Å². The number of anilines is 1. The van der Waals surface area contributed by atoms with Gasteiger partial charge in [0.05, 0.1) is 12.5 Å². The molecular weight excluding hydrogens is 432 g/mol. The van der Waals surface area contributed by atoms with Gasteiger partial charge in [-0.05, 0) is 36.4 Å². The maximum absolute atomic E-state index is 14.0. The van der Waals surface area contributed by atoms with Crippen molar-refractivity contribution in [2.45, 2.75) is 12.5 Å². The first-order valence-corrected chi connectivity index (χ1v) is 9.70. The number of aryl methyl sites for hydroxylation is 1. The summed E-state index contributed by atoms with van der Waals surface area (Å²) < 4.78 is 28.7. The zero-order valence-electron chi connectivity index (χ0n) is 16.1. The number of aromatic hydroxyl groups is 1. The average molecular weight is 449 g/mol. The number of carboxylic acids is 1. The van der Waals surface area contributed by atoms with Gasteiger partial charge in [-0.25, -0.2) is 13.6 Å². The Bertz CT molecular complexity index is 1210. The van der Waals surface area contributed by atoms with Crippen LogP contribution in [0.15, 0.2) is 47.4 Å². The summed E-state index contributed by atoms with van der Waals surface area (Å²) in [7, 11) is 1.43. The number of urea groups is 1. The van der Waals surface area contributed by atoms with Gasteiger partial charge in [-0.15, -0.1) is 11.3 Å². The van der Waals surface area contributed by atoms with E-state index in [0.29, 0.717) is 9.75 Å². The second kappa shape index (κ2) is 8.96. The minimum absolute atomic E-state index is 0.00693. The summed E-state index contributed by atoms with van der Waals surface area (Å²) in [5, 5.41) is 23.7. The van der Waals surface area contributed by atoms with E-state index < -0.39 is 47.4 Å². The number of benzene rings is 1. The highest BCUT2D eigenvalue weighted by atomic mass is 32.1. The number of aliphatic carboxylic acids is 1. The number of thiophene rings is 1. The van der Waals surface area contributed by atoms with E-state index in [1.54, 1.807) is 0 Å². The van der Waals surface area contributed by atoms with Crippen LogP contribution in [0.2, 0.25) is 0 Å². The molecule has 0 aliphatic heterocycles. The number of amides is 2. The van der Waals surface area contributed by atoms with Gasteiger partial charge in [0.1, 0.15) is 17.4 Å². The second-order valence-corrected chi connectivity index (χ2v) is 7.68. The summed E-state index contributed by atoms with van der Waals surface area (Å²) in [6.07, 6.45) is 0.810. The molecule has 8 nitrogen and oxygen atoms in total. The SMILES string of the molecule is Cn1ccc(O)c(NC(=O)N[C@@H](CC(=O)O)c2ccc(-c3cc(F)ccc3F)s2)c1=O. The molecule has 4 N–H and O–H groups in total. The van der Waals surface area contributed by atoms with Crippen LogP contribution in [0.1, 0.15) is 17.3 Å². The van der Waals surface area contributed by atoms with Crippen molar-refractivity contribution in [2.75, 3.05) is 5.32 Å². The lowest BCUT2D eigenvalue weighted by atomic mass is 10.1. The van der Waals surface area contributed by atoms with E-state index >= 15 is 0 Å². The fraction of sp³-hybridized carbons (Fsp3) is 0.150. The van der Waals surface area contributed by atoms with Crippen molar-refractivity contribution < 1.29 is 28.6 Å². The van der Waals surface area contributed by atoms with Crippen molar-refractivity contribution in [3.63, 3.8) is 0 Å². The Labute approximate surface area is 178 Å². The number of halogens is 2. The lowest BCUT2D eigenvalue weighted by molar-refractivity contribution is -0.137. The molecule has 0 radical (unpaired) electrons. The van der Waals surface area contributed by atoms with Crippen molar-refractivity contribution in [3.8, 4) is 16.2 Å². The molecule has 11 heteroatoms. The van der Waals surface area contributed by atoms with E-state index in [4.69, 9.17) is 0 Å². The van der Waals surface area contributed by atoms with Gasteiger partial charge in [-0.2, -0.15) is 0 Å². The number of carbonyl (C=O) groups excluding carboxylic acids is 1. The number of hydrogen-bond donors (Lipinski definition) is 4. The van der Waals surface area contributed by atoms with Gasteiger partial charge >= 0.3 is 12.0 Å².